The highest BCUT2D eigenvalue weighted by Gasteiger charge is 2.27. The first-order valence-electron chi connectivity index (χ1n) is 11.6. The summed E-state index contributed by atoms with van der Waals surface area (Å²) in [5, 5.41) is 7.24. The third-order valence-corrected chi connectivity index (χ3v) is 6.16. The van der Waals surface area contributed by atoms with Gasteiger partial charge in [-0.25, -0.2) is 9.49 Å². The van der Waals surface area contributed by atoms with E-state index in [-0.39, 0.29) is 28.7 Å². The van der Waals surface area contributed by atoms with E-state index >= 15 is 0 Å². The Bertz CT molecular complexity index is 1480. The summed E-state index contributed by atoms with van der Waals surface area (Å²) in [4.78, 5) is 41.0. The van der Waals surface area contributed by atoms with Crippen molar-refractivity contribution >= 4 is 22.6 Å². The van der Waals surface area contributed by atoms with Crippen LogP contribution in [0.15, 0.2) is 77.6 Å². The van der Waals surface area contributed by atoms with Crippen LogP contribution in [0.2, 0.25) is 0 Å². The van der Waals surface area contributed by atoms with E-state index in [1.165, 1.54) is 17.0 Å². The van der Waals surface area contributed by atoms with Crippen LogP contribution in [0, 0.1) is 5.82 Å². The minimum Gasteiger partial charge on any atom is -0.437 e. The number of ether oxygens (including phenoxy) is 1. The molecule has 0 bridgehead atoms. The van der Waals surface area contributed by atoms with Crippen LogP contribution in [-0.2, 0) is 11.2 Å². The fourth-order valence-electron chi connectivity index (χ4n) is 4.22. The number of fused-ring (bicyclic) bond motifs is 1. The normalized spacial score (nSPS) is 13.6. The summed E-state index contributed by atoms with van der Waals surface area (Å²) < 4.78 is 20.4. The first kappa shape index (κ1) is 23.2. The van der Waals surface area contributed by atoms with Crippen LogP contribution < -0.4 is 10.3 Å². The Morgan fingerprint density at radius 1 is 0.889 bits per heavy atom. The monoisotopic (exact) mass is 486 g/mol. The highest BCUT2D eigenvalue weighted by molar-refractivity contribution is 5.95. The van der Waals surface area contributed by atoms with Gasteiger partial charge < -0.3 is 14.5 Å². The van der Waals surface area contributed by atoms with Crippen molar-refractivity contribution in [3.63, 3.8) is 0 Å². The molecule has 0 unspecified atom stereocenters. The van der Waals surface area contributed by atoms with Gasteiger partial charge in [-0.05, 0) is 35.9 Å². The van der Waals surface area contributed by atoms with Gasteiger partial charge in [0.15, 0.2) is 0 Å². The first-order chi connectivity index (χ1) is 17.5. The van der Waals surface area contributed by atoms with Crippen molar-refractivity contribution in [2.75, 3.05) is 26.2 Å². The van der Waals surface area contributed by atoms with Crippen molar-refractivity contribution in [2.24, 2.45) is 0 Å². The second-order valence-electron chi connectivity index (χ2n) is 8.48. The average Bonchev–Trinajstić information content (AvgIpc) is 2.92. The number of amides is 2. The Balaban J connectivity index is 1.28. The standard InChI is InChI=1S/C27H23FN4O4/c28-23-11-10-19(36-26-21-9-5-4-8-20(21)25(34)29-30-26)17-22(23)27(35)32-14-12-31(13-15-32)24(33)16-18-6-2-1-3-7-18/h1-11,17H,12-16H2,(H,29,34). The maximum Gasteiger partial charge on any atom is 0.272 e. The number of rotatable bonds is 5. The molecule has 0 aliphatic carbocycles. The summed E-state index contributed by atoms with van der Waals surface area (Å²) in [6, 6.07) is 20.2. The van der Waals surface area contributed by atoms with Gasteiger partial charge in [-0.15, -0.1) is 5.10 Å². The number of carbonyl (C=O) groups excluding carboxylic acids is 2. The van der Waals surface area contributed by atoms with Crippen molar-refractivity contribution in [2.45, 2.75) is 6.42 Å². The molecule has 0 radical (unpaired) electrons. The SMILES string of the molecule is O=C(Cc1ccccc1)N1CCN(C(=O)c2cc(Oc3n[nH]c(=O)c4ccccc34)ccc2F)CC1. The summed E-state index contributed by atoms with van der Waals surface area (Å²) >= 11 is 0. The average molecular weight is 487 g/mol. The molecular formula is C27H23FN4O4. The van der Waals surface area contributed by atoms with Crippen LogP contribution in [0.5, 0.6) is 11.6 Å². The van der Waals surface area contributed by atoms with Gasteiger partial charge >= 0.3 is 0 Å². The Hall–Kier alpha value is -4.53. The van der Waals surface area contributed by atoms with Gasteiger partial charge in [0.1, 0.15) is 11.6 Å². The van der Waals surface area contributed by atoms with Gasteiger partial charge in [0, 0.05) is 26.2 Å². The quantitative estimate of drug-likeness (QED) is 0.467. The van der Waals surface area contributed by atoms with Crippen LogP contribution in [0.1, 0.15) is 15.9 Å². The van der Waals surface area contributed by atoms with Crippen LogP contribution in [0.4, 0.5) is 4.39 Å². The molecule has 182 valence electrons. The number of H-pyrrole nitrogens is 1. The highest BCUT2D eigenvalue weighted by Crippen LogP contribution is 2.27. The van der Waals surface area contributed by atoms with E-state index < -0.39 is 11.7 Å². The molecule has 36 heavy (non-hydrogen) atoms. The number of hydrogen-bond donors (Lipinski definition) is 1. The second kappa shape index (κ2) is 9.99. The van der Waals surface area contributed by atoms with Gasteiger partial charge in [-0.1, -0.05) is 42.5 Å². The van der Waals surface area contributed by atoms with Crippen LogP contribution >= 0.6 is 0 Å². The summed E-state index contributed by atoms with van der Waals surface area (Å²) in [6.45, 7) is 1.36. The van der Waals surface area contributed by atoms with E-state index in [2.05, 4.69) is 10.2 Å². The number of benzene rings is 3. The Morgan fingerprint density at radius 2 is 1.56 bits per heavy atom. The molecule has 1 aliphatic rings. The molecule has 1 fully saturated rings. The molecule has 8 nitrogen and oxygen atoms in total. The first-order valence-corrected chi connectivity index (χ1v) is 11.6. The Morgan fingerprint density at radius 3 is 2.31 bits per heavy atom. The predicted octanol–water partition coefficient (Wildman–Crippen LogP) is 3.38. The largest absolute Gasteiger partial charge is 0.437 e. The van der Waals surface area contributed by atoms with Gasteiger partial charge in [0.2, 0.25) is 11.8 Å². The molecule has 0 atom stereocenters. The molecule has 9 heteroatoms. The zero-order valence-corrected chi connectivity index (χ0v) is 19.3. The zero-order chi connectivity index (χ0) is 25.1. The molecule has 1 aliphatic heterocycles. The summed E-state index contributed by atoms with van der Waals surface area (Å²) in [7, 11) is 0. The lowest BCUT2D eigenvalue weighted by Crippen LogP contribution is -2.51. The number of carbonyl (C=O) groups is 2. The Kier molecular flexibility index (Phi) is 6.44. The van der Waals surface area contributed by atoms with E-state index in [1.807, 2.05) is 30.3 Å². The second-order valence-corrected chi connectivity index (χ2v) is 8.48. The fraction of sp³-hybridized carbons (Fsp3) is 0.185. The van der Waals surface area contributed by atoms with E-state index in [4.69, 9.17) is 4.74 Å². The molecule has 2 heterocycles. The third kappa shape index (κ3) is 4.81. The van der Waals surface area contributed by atoms with E-state index in [1.54, 1.807) is 29.2 Å². The fourth-order valence-corrected chi connectivity index (χ4v) is 4.22. The summed E-state index contributed by atoms with van der Waals surface area (Å²) in [5.74, 6) is -0.806. The van der Waals surface area contributed by atoms with Gasteiger partial charge in [-0.2, -0.15) is 0 Å². The van der Waals surface area contributed by atoms with E-state index in [9.17, 15) is 18.8 Å². The summed E-state index contributed by atoms with van der Waals surface area (Å²) in [5.41, 5.74) is 0.448. The number of hydrogen-bond acceptors (Lipinski definition) is 5. The zero-order valence-electron chi connectivity index (χ0n) is 19.3. The van der Waals surface area contributed by atoms with Crippen molar-refractivity contribution in [1.82, 2.24) is 20.0 Å². The van der Waals surface area contributed by atoms with Gasteiger partial charge in [0.25, 0.3) is 11.5 Å². The molecule has 0 spiro atoms. The number of aromatic nitrogens is 2. The molecule has 0 saturated carbocycles. The molecule has 1 aromatic heterocycles. The highest BCUT2D eigenvalue weighted by atomic mass is 19.1. The minimum atomic E-state index is -0.672. The van der Waals surface area contributed by atoms with Crippen LogP contribution in [0.3, 0.4) is 0 Å². The molecule has 1 N–H and O–H groups in total. The maximum atomic E-state index is 14.6. The van der Waals surface area contributed by atoms with Crippen molar-refractivity contribution < 1.29 is 18.7 Å². The van der Waals surface area contributed by atoms with Crippen molar-refractivity contribution in [3.05, 3.63) is 100 Å². The maximum absolute atomic E-state index is 14.6. The smallest absolute Gasteiger partial charge is 0.272 e. The number of nitrogens with one attached hydrogen (secondary N) is 1. The van der Waals surface area contributed by atoms with Crippen LogP contribution in [-0.4, -0.2) is 58.0 Å². The Labute approximate surface area is 205 Å². The molecule has 1 saturated heterocycles. The third-order valence-electron chi connectivity index (χ3n) is 6.16. The summed E-state index contributed by atoms with van der Waals surface area (Å²) in [6.07, 6.45) is 0.302. The lowest BCUT2D eigenvalue weighted by Gasteiger charge is -2.35. The predicted molar refractivity (Wildman–Crippen MR) is 131 cm³/mol. The molecule has 5 rings (SSSR count). The number of halogens is 1. The molecule has 2 amide bonds. The van der Waals surface area contributed by atoms with Gasteiger partial charge in [0.05, 0.1) is 22.8 Å². The van der Waals surface area contributed by atoms with E-state index in [0.717, 1.165) is 11.6 Å². The lowest BCUT2D eigenvalue weighted by atomic mass is 10.1. The minimum absolute atomic E-state index is 0.00416. The topological polar surface area (TPSA) is 95.6 Å². The molecular weight excluding hydrogens is 463 g/mol. The van der Waals surface area contributed by atoms with Crippen molar-refractivity contribution in [3.8, 4) is 11.6 Å². The van der Waals surface area contributed by atoms with Crippen LogP contribution in [0.25, 0.3) is 10.8 Å². The number of aromatic amines is 1. The number of piperazine rings is 1. The number of nitrogens with zero attached hydrogens (tertiary/aromatic N) is 3. The molecule has 4 aromatic rings. The van der Waals surface area contributed by atoms with Gasteiger partial charge in [-0.3, -0.25) is 14.4 Å². The molecule has 3 aromatic carbocycles. The lowest BCUT2D eigenvalue weighted by molar-refractivity contribution is -0.131. The van der Waals surface area contributed by atoms with E-state index in [0.29, 0.717) is 43.4 Å². The van der Waals surface area contributed by atoms with Crippen molar-refractivity contribution in [1.29, 1.82) is 0 Å².